The number of benzene rings is 1. The van der Waals surface area contributed by atoms with Crippen LogP contribution < -0.4 is 5.32 Å². The predicted octanol–water partition coefficient (Wildman–Crippen LogP) is 2.36. The molecule has 0 aliphatic carbocycles. The van der Waals surface area contributed by atoms with Crippen LogP contribution in [0.1, 0.15) is 39.2 Å². The van der Waals surface area contributed by atoms with Crippen molar-refractivity contribution < 1.29 is 22.5 Å². The molecule has 0 spiro atoms. The Kier molecular flexibility index (Phi) is 7.67. The number of hydrogen-bond acceptors (Lipinski definition) is 5. The number of hydrogen-bond donors (Lipinski definition) is 2. The number of nitrogens with one attached hydrogen (secondary N) is 1. The van der Waals surface area contributed by atoms with Crippen molar-refractivity contribution in [2.24, 2.45) is 5.92 Å². The Morgan fingerprint density at radius 3 is 2.35 bits per heavy atom. The second-order valence-corrected chi connectivity index (χ2v) is 7.45. The quantitative estimate of drug-likeness (QED) is 0.528. The van der Waals surface area contributed by atoms with E-state index in [1.54, 1.807) is 6.92 Å². The zero-order valence-corrected chi connectivity index (χ0v) is 14.5. The number of esters is 1. The Labute approximate surface area is 138 Å². The van der Waals surface area contributed by atoms with Crippen molar-refractivity contribution in [1.82, 2.24) is 5.32 Å². The SMILES string of the molecule is CCC(N[C@H](CC(C)C)C(=O)OCc1ccccc1)S(=O)(=O)O. The van der Waals surface area contributed by atoms with Gasteiger partial charge in [-0.15, -0.1) is 0 Å². The number of carbonyl (C=O) groups excluding carboxylic acids is 1. The molecule has 6 nitrogen and oxygen atoms in total. The van der Waals surface area contributed by atoms with Crippen molar-refractivity contribution >= 4 is 16.1 Å². The monoisotopic (exact) mass is 343 g/mol. The second kappa shape index (κ2) is 9.00. The normalized spacial score (nSPS) is 14.5. The predicted molar refractivity (Wildman–Crippen MR) is 88.2 cm³/mol. The van der Waals surface area contributed by atoms with Crippen LogP contribution in [0.25, 0.3) is 0 Å². The van der Waals surface area contributed by atoms with Crippen molar-refractivity contribution in [3.8, 4) is 0 Å². The van der Waals surface area contributed by atoms with Crippen LogP contribution in [0.2, 0.25) is 0 Å². The van der Waals surface area contributed by atoms with Gasteiger partial charge in [0, 0.05) is 0 Å². The fourth-order valence-corrected chi connectivity index (χ4v) is 2.93. The molecule has 23 heavy (non-hydrogen) atoms. The topological polar surface area (TPSA) is 92.7 Å². The van der Waals surface area contributed by atoms with E-state index in [0.29, 0.717) is 6.42 Å². The van der Waals surface area contributed by atoms with Gasteiger partial charge in [0.1, 0.15) is 18.0 Å². The third-order valence-electron chi connectivity index (χ3n) is 3.33. The van der Waals surface area contributed by atoms with Crippen molar-refractivity contribution in [1.29, 1.82) is 0 Å². The first-order valence-electron chi connectivity index (χ1n) is 7.67. The lowest BCUT2D eigenvalue weighted by atomic mass is 10.0. The minimum Gasteiger partial charge on any atom is -0.460 e. The van der Waals surface area contributed by atoms with Gasteiger partial charge in [0.05, 0.1) is 0 Å². The molecule has 7 heteroatoms. The largest absolute Gasteiger partial charge is 0.460 e. The number of carbonyl (C=O) groups is 1. The molecule has 0 radical (unpaired) electrons. The maximum absolute atomic E-state index is 12.3. The zero-order chi connectivity index (χ0) is 17.5. The van der Waals surface area contributed by atoms with Crippen molar-refractivity contribution in [2.75, 3.05) is 0 Å². The molecule has 0 fully saturated rings. The average Bonchev–Trinajstić information content (AvgIpc) is 2.48. The smallest absolute Gasteiger partial charge is 0.323 e. The Hall–Kier alpha value is -1.44. The molecule has 130 valence electrons. The maximum Gasteiger partial charge on any atom is 0.323 e. The van der Waals surface area contributed by atoms with Crippen molar-refractivity contribution in [2.45, 2.75) is 51.6 Å². The van der Waals surface area contributed by atoms with Crippen LogP contribution >= 0.6 is 0 Å². The van der Waals surface area contributed by atoms with Crippen LogP contribution in [0.3, 0.4) is 0 Å². The molecular weight excluding hydrogens is 318 g/mol. The van der Waals surface area contributed by atoms with E-state index in [1.807, 2.05) is 44.2 Å². The van der Waals surface area contributed by atoms with Gasteiger partial charge in [-0.05, 0) is 24.3 Å². The lowest BCUT2D eigenvalue weighted by molar-refractivity contribution is -0.148. The van der Waals surface area contributed by atoms with E-state index in [1.165, 1.54) is 0 Å². The molecule has 1 rings (SSSR count). The Bertz CT molecular complexity index is 586. The summed E-state index contributed by atoms with van der Waals surface area (Å²) in [5, 5.41) is 1.51. The summed E-state index contributed by atoms with van der Waals surface area (Å²) in [6.45, 7) is 5.59. The molecule has 1 aromatic rings. The molecule has 0 aromatic heterocycles. The summed E-state index contributed by atoms with van der Waals surface area (Å²) in [6.07, 6.45) is 0.568. The summed E-state index contributed by atoms with van der Waals surface area (Å²) < 4.78 is 37.1. The molecule has 2 atom stereocenters. The van der Waals surface area contributed by atoms with E-state index in [0.717, 1.165) is 5.56 Å². The van der Waals surface area contributed by atoms with Gasteiger partial charge in [-0.2, -0.15) is 8.42 Å². The van der Waals surface area contributed by atoms with E-state index in [4.69, 9.17) is 4.74 Å². The highest BCUT2D eigenvalue weighted by Crippen LogP contribution is 2.12. The van der Waals surface area contributed by atoms with Gasteiger partial charge < -0.3 is 4.74 Å². The molecule has 1 unspecified atom stereocenters. The Morgan fingerprint density at radius 1 is 1.26 bits per heavy atom. The second-order valence-electron chi connectivity index (χ2n) is 5.85. The first kappa shape index (κ1) is 19.6. The van der Waals surface area contributed by atoms with E-state index < -0.39 is 27.5 Å². The van der Waals surface area contributed by atoms with Gasteiger partial charge in [0.15, 0.2) is 0 Å². The molecule has 0 aliphatic rings. The van der Waals surface area contributed by atoms with Crippen LogP contribution in [-0.2, 0) is 26.3 Å². The fraction of sp³-hybridized carbons (Fsp3) is 0.562. The van der Waals surface area contributed by atoms with Crippen molar-refractivity contribution in [3.63, 3.8) is 0 Å². The first-order chi connectivity index (χ1) is 10.7. The van der Waals surface area contributed by atoms with E-state index in [9.17, 15) is 17.8 Å². The number of ether oxygens (including phenoxy) is 1. The third-order valence-corrected chi connectivity index (χ3v) is 4.52. The molecule has 0 amide bonds. The first-order valence-corrected chi connectivity index (χ1v) is 9.17. The molecule has 0 aliphatic heterocycles. The van der Waals surface area contributed by atoms with Crippen molar-refractivity contribution in [3.05, 3.63) is 35.9 Å². The highest BCUT2D eigenvalue weighted by molar-refractivity contribution is 7.86. The summed E-state index contributed by atoms with van der Waals surface area (Å²) in [4.78, 5) is 12.3. The summed E-state index contributed by atoms with van der Waals surface area (Å²) in [7, 11) is -4.27. The van der Waals surface area contributed by atoms with Crippen LogP contribution in [0.5, 0.6) is 0 Å². The highest BCUT2D eigenvalue weighted by Gasteiger charge is 2.29. The van der Waals surface area contributed by atoms with E-state index >= 15 is 0 Å². The van der Waals surface area contributed by atoms with Crippen LogP contribution in [-0.4, -0.2) is 30.4 Å². The minimum atomic E-state index is -4.27. The Balaban J connectivity index is 2.74. The van der Waals surface area contributed by atoms with E-state index in [2.05, 4.69) is 5.32 Å². The van der Waals surface area contributed by atoms with Crippen LogP contribution in [0.4, 0.5) is 0 Å². The summed E-state index contributed by atoms with van der Waals surface area (Å²) in [6, 6.07) is 8.45. The van der Waals surface area contributed by atoms with Crippen LogP contribution in [0, 0.1) is 5.92 Å². The lowest BCUT2D eigenvalue weighted by Crippen LogP contribution is -2.47. The molecule has 1 aromatic carbocycles. The lowest BCUT2D eigenvalue weighted by Gasteiger charge is -2.23. The average molecular weight is 343 g/mol. The fourth-order valence-electron chi connectivity index (χ4n) is 2.17. The van der Waals surface area contributed by atoms with Gasteiger partial charge in [-0.25, -0.2) is 0 Å². The standard InChI is InChI=1S/C16H25NO5S/c1-4-15(23(19,20)21)17-14(10-12(2)3)16(18)22-11-13-8-6-5-7-9-13/h5-9,12,14-15,17H,4,10-11H2,1-3H3,(H,19,20,21)/t14-,15?/m1/s1. The molecule has 2 N–H and O–H groups in total. The minimum absolute atomic E-state index is 0.124. The third kappa shape index (κ3) is 7.11. The van der Waals surface area contributed by atoms with Crippen LogP contribution in [0.15, 0.2) is 30.3 Å². The highest BCUT2D eigenvalue weighted by atomic mass is 32.2. The molecule has 0 saturated carbocycles. The summed E-state index contributed by atoms with van der Waals surface area (Å²) in [5.41, 5.74) is 0.853. The van der Waals surface area contributed by atoms with Gasteiger partial charge >= 0.3 is 5.97 Å². The molecule has 0 heterocycles. The van der Waals surface area contributed by atoms with Gasteiger partial charge in [-0.1, -0.05) is 51.1 Å². The summed E-state index contributed by atoms with van der Waals surface area (Å²) >= 11 is 0. The van der Waals surface area contributed by atoms with Gasteiger partial charge in [0.2, 0.25) is 0 Å². The van der Waals surface area contributed by atoms with Gasteiger partial charge in [-0.3, -0.25) is 14.7 Å². The molecule has 0 saturated heterocycles. The maximum atomic E-state index is 12.3. The molecule has 0 bridgehead atoms. The number of rotatable bonds is 9. The summed E-state index contributed by atoms with van der Waals surface area (Å²) in [5.74, 6) is -0.361. The van der Waals surface area contributed by atoms with E-state index in [-0.39, 0.29) is 18.9 Å². The molecular formula is C16H25NO5S. The zero-order valence-electron chi connectivity index (χ0n) is 13.7. The van der Waals surface area contributed by atoms with Gasteiger partial charge in [0.25, 0.3) is 10.1 Å². The Morgan fingerprint density at radius 2 is 1.87 bits per heavy atom.